The van der Waals surface area contributed by atoms with Gasteiger partial charge in [0.2, 0.25) is 0 Å². The molecule has 1 heterocycles. The molecule has 3 aromatic rings. The van der Waals surface area contributed by atoms with Crippen LogP contribution in [0.4, 0.5) is 0 Å². The standard InChI is InChI=1S/C16H14Cl2N2O2/c1-19(9-11-5-4-6-12(17)15(11)18)10-20-13-7-2-3-8-14(13)22-16(20)21/h2-8H,9-10H2,1H3. The minimum absolute atomic E-state index is 0.370. The molecule has 114 valence electrons. The van der Waals surface area contributed by atoms with Gasteiger partial charge in [0, 0.05) is 6.54 Å². The lowest BCUT2D eigenvalue weighted by Crippen LogP contribution is -2.27. The maximum Gasteiger partial charge on any atom is 0.421 e. The van der Waals surface area contributed by atoms with Gasteiger partial charge < -0.3 is 4.42 Å². The van der Waals surface area contributed by atoms with E-state index in [0.29, 0.717) is 28.8 Å². The highest BCUT2D eigenvalue weighted by Crippen LogP contribution is 2.26. The Morgan fingerprint density at radius 3 is 2.73 bits per heavy atom. The Labute approximate surface area is 137 Å². The van der Waals surface area contributed by atoms with Gasteiger partial charge in [0.25, 0.3) is 0 Å². The molecule has 6 heteroatoms. The maximum absolute atomic E-state index is 12.0. The van der Waals surface area contributed by atoms with Crippen molar-refractivity contribution < 1.29 is 4.42 Å². The van der Waals surface area contributed by atoms with Crippen LogP contribution < -0.4 is 5.76 Å². The monoisotopic (exact) mass is 336 g/mol. The first kappa shape index (κ1) is 15.2. The van der Waals surface area contributed by atoms with Crippen LogP contribution in [0.25, 0.3) is 11.1 Å². The van der Waals surface area contributed by atoms with Gasteiger partial charge in [-0.25, -0.2) is 4.79 Å². The van der Waals surface area contributed by atoms with Crippen LogP contribution in [0.15, 0.2) is 51.7 Å². The fourth-order valence-electron chi connectivity index (χ4n) is 2.40. The zero-order valence-corrected chi connectivity index (χ0v) is 13.4. The third-order valence-electron chi connectivity index (χ3n) is 3.43. The molecule has 2 aromatic carbocycles. The Morgan fingerprint density at radius 2 is 1.91 bits per heavy atom. The lowest BCUT2D eigenvalue weighted by molar-refractivity contribution is 0.253. The molecule has 0 fully saturated rings. The molecular weight excluding hydrogens is 323 g/mol. The van der Waals surface area contributed by atoms with E-state index >= 15 is 0 Å². The van der Waals surface area contributed by atoms with Crippen LogP contribution in [0, 0.1) is 0 Å². The molecule has 0 unspecified atom stereocenters. The van der Waals surface area contributed by atoms with E-state index in [-0.39, 0.29) is 5.76 Å². The van der Waals surface area contributed by atoms with Crippen molar-refractivity contribution in [3.63, 3.8) is 0 Å². The fraction of sp³-hybridized carbons (Fsp3) is 0.188. The molecule has 0 spiro atoms. The summed E-state index contributed by atoms with van der Waals surface area (Å²) in [7, 11) is 1.91. The smallest absolute Gasteiger partial charge is 0.408 e. The second-order valence-corrected chi connectivity index (χ2v) is 5.92. The zero-order chi connectivity index (χ0) is 15.7. The SMILES string of the molecule is CN(Cc1cccc(Cl)c1Cl)Cn1c(=O)oc2ccccc21. The third-order valence-corrected chi connectivity index (χ3v) is 4.29. The van der Waals surface area contributed by atoms with Gasteiger partial charge in [0.05, 0.1) is 22.2 Å². The van der Waals surface area contributed by atoms with Crippen LogP contribution in [0.3, 0.4) is 0 Å². The molecule has 0 aliphatic carbocycles. The molecule has 0 aliphatic rings. The highest BCUT2D eigenvalue weighted by atomic mass is 35.5. The van der Waals surface area contributed by atoms with Gasteiger partial charge in [-0.3, -0.25) is 9.47 Å². The van der Waals surface area contributed by atoms with E-state index in [1.165, 1.54) is 0 Å². The van der Waals surface area contributed by atoms with Gasteiger partial charge in [0.1, 0.15) is 0 Å². The number of hydrogen-bond donors (Lipinski definition) is 0. The number of rotatable bonds is 4. The van der Waals surface area contributed by atoms with Gasteiger partial charge >= 0.3 is 5.76 Å². The number of nitrogens with zero attached hydrogens (tertiary/aromatic N) is 2. The minimum Gasteiger partial charge on any atom is -0.408 e. The minimum atomic E-state index is -0.370. The van der Waals surface area contributed by atoms with Crippen molar-refractivity contribution in [1.29, 1.82) is 0 Å². The van der Waals surface area contributed by atoms with Crippen LogP contribution in [-0.4, -0.2) is 16.5 Å². The summed E-state index contributed by atoms with van der Waals surface area (Å²) < 4.78 is 6.82. The van der Waals surface area contributed by atoms with Gasteiger partial charge in [-0.1, -0.05) is 47.5 Å². The number of hydrogen-bond acceptors (Lipinski definition) is 3. The Morgan fingerprint density at radius 1 is 1.14 bits per heavy atom. The molecule has 22 heavy (non-hydrogen) atoms. The number of oxazole rings is 1. The molecule has 0 aliphatic heterocycles. The lowest BCUT2D eigenvalue weighted by Gasteiger charge is -2.18. The predicted molar refractivity (Wildman–Crippen MR) is 88.4 cm³/mol. The fourth-order valence-corrected chi connectivity index (χ4v) is 2.78. The van der Waals surface area contributed by atoms with Crippen molar-refractivity contribution in [3.8, 4) is 0 Å². The van der Waals surface area contributed by atoms with E-state index < -0.39 is 0 Å². The topological polar surface area (TPSA) is 38.4 Å². The van der Waals surface area contributed by atoms with Gasteiger partial charge in [-0.2, -0.15) is 0 Å². The highest BCUT2D eigenvalue weighted by molar-refractivity contribution is 6.42. The van der Waals surface area contributed by atoms with Crippen molar-refractivity contribution in [2.75, 3.05) is 7.05 Å². The van der Waals surface area contributed by atoms with Crippen molar-refractivity contribution in [2.45, 2.75) is 13.2 Å². The van der Waals surface area contributed by atoms with E-state index in [1.807, 2.05) is 42.3 Å². The van der Waals surface area contributed by atoms with Crippen molar-refractivity contribution in [1.82, 2.24) is 9.47 Å². The van der Waals surface area contributed by atoms with E-state index in [9.17, 15) is 4.79 Å². The van der Waals surface area contributed by atoms with Crippen LogP contribution in [0.2, 0.25) is 10.0 Å². The summed E-state index contributed by atoms with van der Waals surface area (Å²) in [6.45, 7) is 0.976. The molecule has 0 N–H and O–H groups in total. The molecule has 0 amide bonds. The second-order valence-electron chi connectivity index (χ2n) is 5.13. The average molecular weight is 337 g/mol. The summed E-state index contributed by atoms with van der Waals surface area (Å²) in [4.78, 5) is 13.9. The molecular formula is C16H14Cl2N2O2. The number of aromatic nitrogens is 1. The Kier molecular flexibility index (Phi) is 4.25. The number of fused-ring (bicyclic) bond motifs is 1. The zero-order valence-electron chi connectivity index (χ0n) is 11.9. The van der Waals surface area contributed by atoms with E-state index in [2.05, 4.69) is 0 Å². The largest absolute Gasteiger partial charge is 0.421 e. The third kappa shape index (κ3) is 2.90. The summed E-state index contributed by atoms with van der Waals surface area (Å²) >= 11 is 12.2. The van der Waals surface area contributed by atoms with Gasteiger partial charge in [-0.15, -0.1) is 0 Å². The first-order valence-corrected chi connectivity index (χ1v) is 7.51. The summed E-state index contributed by atoms with van der Waals surface area (Å²) in [5.74, 6) is -0.370. The van der Waals surface area contributed by atoms with Crippen LogP contribution in [-0.2, 0) is 13.2 Å². The van der Waals surface area contributed by atoms with Crippen LogP contribution >= 0.6 is 23.2 Å². The lowest BCUT2D eigenvalue weighted by atomic mass is 10.2. The molecule has 0 saturated heterocycles. The Balaban J connectivity index is 1.84. The molecule has 0 atom stereocenters. The quantitative estimate of drug-likeness (QED) is 0.722. The molecule has 4 nitrogen and oxygen atoms in total. The number of para-hydroxylation sites is 2. The first-order chi connectivity index (χ1) is 10.6. The normalized spacial score (nSPS) is 11.5. The van der Waals surface area contributed by atoms with Crippen molar-refractivity contribution >= 4 is 34.3 Å². The highest BCUT2D eigenvalue weighted by Gasteiger charge is 2.12. The van der Waals surface area contributed by atoms with Crippen LogP contribution in [0.1, 0.15) is 5.56 Å². The number of benzene rings is 2. The predicted octanol–water partition coefficient (Wildman–Crippen LogP) is 3.99. The maximum atomic E-state index is 12.0. The molecule has 0 radical (unpaired) electrons. The van der Waals surface area contributed by atoms with Crippen LogP contribution in [0.5, 0.6) is 0 Å². The van der Waals surface area contributed by atoms with Gasteiger partial charge in [-0.05, 0) is 30.8 Å². The Bertz CT molecular complexity index is 870. The van der Waals surface area contributed by atoms with Crippen molar-refractivity contribution in [2.24, 2.45) is 0 Å². The van der Waals surface area contributed by atoms with E-state index in [0.717, 1.165) is 11.1 Å². The van der Waals surface area contributed by atoms with Crippen molar-refractivity contribution in [3.05, 3.63) is 68.6 Å². The number of halogens is 2. The van der Waals surface area contributed by atoms with Gasteiger partial charge in [0.15, 0.2) is 5.58 Å². The van der Waals surface area contributed by atoms with E-state index in [1.54, 1.807) is 16.7 Å². The molecule has 0 saturated carbocycles. The Hall–Kier alpha value is -1.75. The molecule has 1 aromatic heterocycles. The summed E-state index contributed by atoms with van der Waals surface area (Å²) in [6.07, 6.45) is 0. The summed E-state index contributed by atoms with van der Waals surface area (Å²) in [6, 6.07) is 12.9. The summed E-state index contributed by atoms with van der Waals surface area (Å²) in [5.41, 5.74) is 2.27. The second kappa shape index (κ2) is 6.16. The summed E-state index contributed by atoms with van der Waals surface area (Å²) in [5, 5.41) is 1.07. The molecule has 0 bridgehead atoms. The average Bonchev–Trinajstić information content (AvgIpc) is 2.80. The first-order valence-electron chi connectivity index (χ1n) is 6.76. The molecule has 3 rings (SSSR count). The van der Waals surface area contributed by atoms with E-state index in [4.69, 9.17) is 27.6 Å².